The summed E-state index contributed by atoms with van der Waals surface area (Å²) in [4.78, 5) is 2.40. The summed E-state index contributed by atoms with van der Waals surface area (Å²) >= 11 is 0. The molecule has 1 atom stereocenters. The van der Waals surface area contributed by atoms with Gasteiger partial charge in [-0.2, -0.15) is 0 Å². The Morgan fingerprint density at radius 2 is 1.14 bits per heavy atom. The summed E-state index contributed by atoms with van der Waals surface area (Å²) in [6.07, 6.45) is 12.1. The Balaban J connectivity index is 1.02. The van der Waals surface area contributed by atoms with E-state index in [1.54, 1.807) is 0 Å². The van der Waals surface area contributed by atoms with Crippen LogP contribution in [0.15, 0.2) is 250 Å². The maximum absolute atomic E-state index is 4.47. The minimum absolute atomic E-state index is 0.0169. The highest BCUT2D eigenvalue weighted by atomic mass is 15.1. The molecule has 9 aromatic carbocycles. The van der Waals surface area contributed by atoms with Gasteiger partial charge in [0.15, 0.2) is 0 Å². The van der Waals surface area contributed by atoms with E-state index in [0.717, 1.165) is 23.5 Å². The van der Waals surface area contributed by atoms with Crippen molar-refractivity contribution in [1.29, 1.82) is 0 Å². The van der Waals surface area contributed by atoms with E-state index in [9.17, 15) is 0 Å². The van der Waals surface area contributed by atoms with Crippen molar-refractivity contribution >= 4 is 54.7 Å². The van der Waals surface area contributed by atoms with Crippen molar-refractivity contribution in [2.24, 2.45) is 0 Å². The van der Waals surface area contributed by atoms with Crippen LogP contribution in [-0.2, 0) is 5.41 Å². The Bertz CT molecular complexity index is 3510. The summed E-state index contributed by atoms with van der Waals surface area (Å²) in [5.41, 5.74) is 12.9. The van der Waals surface area contributed by atoms with Gasteiger partial charge >= 0.3 is 0 Å². The van der Waals surface area contributed by atoms with Crippen molar-refractivity contribution in [2.75, 3.05) is 4.90 Å². The van der Waals surface area contributed by atoms with Gasteiger partial charge in [0.1, 0.15) is 0 Å². The van der Waals surface area contributed by atoms with Crippen molar-refractivity contribution in [3.05, 3.63) is 272 Å². The fraction of sp³-hybridized carbons (Fsp3) is 0.0492. The van der Waals surface area contributed by atoms with E-state index in [2.05, 4.69) is 264 Å². The molecule has 0 N–H and O–H groups in total. The van der Waals surface area contributed by atoms with Gasteiger partial charge in [0, 0.05) is 46.1 Å². The van der Waals surface area contributed by atoms with Crippen LogP contribution in [0, 0.1) is 0 Å². The summed E-state index contributed by atoms with van der Waals surface area (Å²) in [6, 6.07) is 77.4. The monoisotopic (exact) mass is 819 g/mol. The normalized spacial score (nSPS) is 13.4. The first kappa shape index (κ1) is 37.6. The molecule has 0 fully saturated rings. The number of allylic oxidation sites excluding steroid dienone is 2. The molecular weight excluding hydrogens is 775 g/mol. The molecule has 2 heterocycles. The third-order valence-corrected chi connectivity index (χ3v) is 13.5. The third-order valence-electron chi connectivity index (χ3n) is 13.5. The second kappa shape index (κ2) is 15.3. The van der Waals surface area contributed by atoms with Crippen LogP contribution in [0.4, 0.5) is 11.4 Å². The van der Waals surface area contributed by atoms with Crippen LogP contribution in [0.1, 0.15) is 34.7 Å². The van der Waals surface area contributed by atoms with Crippen molar-refractivity contribution in [2.45, 2.75) is 17.9 Å². The molecule has 0 amide bonds. The van der Waals surface area contributed by atoms with Crippen LogP contribution in [0.3, 0.4) is 0 Å². The van der Waals surface area contributed by atoms with Crippen molar-refractivity contribution in [1.82, 2.24) is 9.13 Å². The Morgan fingerprint density at radius 3 is 1.89 bits per heavy atom. The molecule has 0 spiro atoms. The lowest BCUT2D eigenvalue weighted by atomic mass is 9.67. The van der Waals surface area contributed by atoms with Crippen LogP contribution in [-0.4, -0.2) is 9.13 Å². The lowest BCUT2D eigenvalue weighted by Gasteiger charge is -2.34. The number of rotatable bonds is 10. The van der Waals surface area contributed by atoms with Gasteiger partial charge in [-0.15, -0.1) is 6.58 Å². The Kier molecular flexibility index (Phi) is 9.01. The summed E-state index contributed by atoms with van der Waals surface area (Å²) < 4.78 is 4.76. The highest BCUT2D eigenvalue weighted by molar-refractivity contribution is 6.21. The number of para-hydroxylation sites is 1. The van der Waals surface area contributed by atoms with E-state index in [4.69, 9.17) is 0 Å². The Hall–Kier alpha value is -8.14. The summed E-state index contributed by atoms with van der Waals surface area (Å²) in [7, 11) is 0. The lowest BCUT2D eigenvalue weighted by molar-refractivity contribution is 0.653. The molecule has 3 nitrogen and oxygen atoms in total. The van der Waals surface area contributed by atoms with Gasteiger partial charge in [-0.25, -0.2) is 0 Å². The smallest absolute Gasteiger partial charge is 0.0714 e. The van der Waals surface area contributed by atoms with Crippen LogP contribution in [0.25, 0.3) is 60.2 Å². The van der Waals surface area contributed by atoms with Crippen molar-refractivity contribution in [3.63, 3.8) is 0 Å². The average molecular weight is 820 g/mol. The summed E-state index contributed by atoms with van der Waals surface area (Å²) in [5.74, 6) is 0. The Morgan fingerprint density at radius 1 is 0.516 bits per heavy atom. The molecule has 0 bridgehead atoms. The molecule has 3 heteroatoms. The number of hydrogen-bond donors (Lipinski definition) is 0. The molecule has 304 valence electrons. The minimum Gasteiger partial charge on any atom is -0.332 e. The quantitative estimate of drug-likeness (QED) is 0.125. The van der Waals surface area contributed by atoms with Crippen LogP contribution in [0.5, 0.6) is 0 Å². The zero-order valence-corrected chi connectivity index (χ0v) is 35.4. The van der Waals surface area contributed by atoms with Crippen molar-refractivity contribution < 1.29 is 0 Å². The first-order chi connectivity index (χ1) is 31.7. The maximum Gasteiger partial charge on any atom is 0.0714 e. The number of anilines is 2. The van der Waals surface area contributed by atoms with Gasteiger partial charge < -0.3 is 14.0 Å². The van der Waals surface area contributed by atoms with Crippen LogP contribution >= 0.6 is 0 Å². The number of hydrogen-bond acceptors (Lipinski definition) is 1. The first-order valence-corrected chi connectivity index (χ1v) is 22.2. The standard InChI is InChI=1S/C61H45N3/c1-2-47(64-58-38-35-44-21-13-15-31-51(44)60(58)54-41-62(42-59(54)64)48-27-10-5-11-28-48)29-19-39-63(57-34-18-22-43-20-12-14-30-50(43)57)49-36-37-53-52-32-16-17-33-55(52)61(56(53)40-49,45-23-6-3-7-24-45)46-25-8-4-9-26-46/h2-28,30-42,47H,1,29H2/b39-19+. The lowest BCUT2D eigenvalue weighted by Crippen LogP contribution is -2.28. The van der Waals surface area contributed by atoms with Gasteiger partial charge in [0.25, 0.3) is 0 Å². The molecule has 1 aliphatic carbocycles. The van der Waals surface area contributed by atoms with Gasteiger partial charge in [0.05, 0.1) is 28.2 Å². The molecule has 11 aromatic rings. The van der Waals surface area contributed by atoms with E-state index in [0.29, 0.717) is 0 Å². The van der Waals surface area contributed by atoms with Crippen LogP contribution < -0.4 is 4.90 Å². The molecule has 64 heavy (non-hydrogen) atoms. The topological polar surface area (TPSA) is 13.1 Å². The fourth-order valence-corrected chi connectivity index (χ4v) is 10.7. The molecule has 1 unspecified atom stereocenters. The zero-order valence-electron chi connectivity index (χ0n) is 35.4. The second-order valence-electron chi connectivity index (χ2n) is 16.9. The highest BCUT2D eigenvalue weighted by Crippen LogP contribution is 2.57. The van der Waals surface area contributed by atoms with E-state index < -0.39 is 5.41 Å². The predicted octanol–water partition coefficient (Wildman–Crippen LogP) is 15.7. The van der Waals surface area contributed by atoms with Crippen LogP contribution in [0.2, 0.25) is 0 Å². The van der Waals surface area contributed by atoms with Gasteiger partial charge in [-0.3, -0.25) is 0 Å². The number of benzene rings is 9. The largest absolute Gasteiger partial charge is 0.332 e. The molecule has 1 aliphatic rings. The van der Waals surface area contributed by atoms with Gasteiger partial charge in [-0.1, -0.05) is 188 Å². The first-order valence-electron chi connectivity index (χ1n) is 22.2. The number of fused-ring (bicyclic) bond motifs is 9. The molecule has 2 aromatic heterocycles. The van der Waals surface area contributed by atoms with Gasteiger partial charge in [0.2, 0.25) is 0 Å². The second-order valence-corrected chi connectivity index (χ2v) is 16.9. The highest BCUT2D eigenvalue weighted by Gasteiger charge is 2.46. The zero-order chi connectivity index (χ0) is 42.6. The molecule has 0 radical (unpaired) electrons. The Labute approximate surface area is 373 Å². The van der Waals surface area contributed by atoms with E-state index in [-0.39, 0.29) is 6.04 Å². The molecule has 0 saturated heterocycles. The van der Waals surface area contributed by atoms with E-state index in [1.807, 2.05) is 0 Å². The minimum atomic E-state index is -0.506. The molecule has 12 rings (SSSR count). The average Bonchev–Trinajstić information content (AvgIpc) is 4.03. The van der Waals surface area contributed by atoms with Gasteiger partial charge in [-0.05, 0) is 92.4 Å². The van der Waals surface area contributed by atoms with E-state index >= 15 is 0 Å². The molecular formula is C61H45N3. The number of aromatic nitrogens is 2. The summed E-state index contributed by atoms with van der Waals surface area (Å²) in [5, 5.41) is 7.41. The fourth-order valence-electron chi connectivity index (χ4n) is 10.7. The third kappa shape index (κ3) is 5.82. The molecule has 0 saturated carbocycles. The summed E-state index contributed by atoms with van der Waals surface area (Å²) in [6.45, 7) is 4.47. The van der Waals surface area contributed by atoms with Crippen molar-refractivity contribution in [3.8, 4) is 16.8 Å². The number of nitrogens with zero attached hydrogens (tertiary/aromatic N) is 3. The SMILES string of the molecule is C=CC(C/C=C/N(c1ccc2c(c1)C(c1ccccc1)(c1ccccc1)c1ccccc1-2)c1cccc2ccccc12)n1c2cn(-c3ccccc3)cc2c2c3ccccc3ccc21. The van der Waals surface area contributed by atoms with E-state index in [1.165, 1.54) is 76.7 Å². The molecule has 0 aliphatic heterocycles. The maximum atomic E-state index is 4.47. The predicted molar refractivity (Wildman–Crippen MR) is 269 cm³/mol.